The molecule has 0 aliphatic carbocycles. The zero-order chi connectivity index (χ0) is 20.1. The number of anilines is 1. The van der Waals surface area contributed by atoms with Crippen molar-refractivity contribution in [1.82, 2.24) is 9.55 Å². The SMILES string of the molecule is Cn1c(-c2ccc(Cl)cc2)cnc1NCc1ccc(OCc2ccccc2)cc1. The fourth-order valence-corrected chi connectivity index (χ4v) is 3.21. The van der Waals surface area contributed by atoms with Crippen molar-refractivity contribution >= 4 is 17.5 Å². The smallest absolute Gasteiger partial charge is 0.203 e. The maximum absolute atomic E-state index is 5.98. The molecule has 0 saturated carbocycles. The van der Waals surface area contributed by atoms with Gasteiger partial charge in [-0.1, -0.05) is 66.2 Å². The minimum atomic E-state index is 0.569. The van der Waals surface area contributed by atoms with Crippen LogP contribution in [0.3, 0.4) is 0 Å². The standard InChI is InChI=1S/C24H22ClN3O/c1-28-23(20-9-11-21(25)12-10-20)16-27-24(28)26-15-18-7-13-22(14-8-18)29-17-19-5-3-2-4-6-19/h2-14,16H,15,17H2,1H3,(H,26,27). The van der Waals surface area contributed by atoms with Gasteiger partial charge in [0.2, 0.25) is 5.95 Å². The van der Waals surface area contributed by atoms with E-state index < -0.39 is 0 Å². The molecule has 0 amide bonds. The van der Waals surface area contributed by atoms with Crippen molar-refractivity contribution in [2.24, 2.45) is 7.05 Å². The molecule has 4 rings (SSSR count). The Kier molecular flexibility index (Phi) is 5.82. The zero-order valence-corrected chi connectivity index (χ0v) is 16.9. The molecule has 0 fully saturated rings. The van der Waals surface area contributed by atoms with Crippen LogP contribution in [0.4, 0.5) is 5.95 Å². The summed E-state index contributed by atoms with van der Waals surface area (Å²) in [5.41, 5.74) is 4.43. The molecule has 0 bridgehead atoms. The Hall–Kier alpha value is -3.24. The van der Waals surface area contributed by atoms with E-state index in [0.29, 0.717) is 13.2 Å². The number of rotatable bonds is 7. The van der Waals surface area contributed by atoms with E-state index in [1.165, 1.54) is 0 Å². The number of imidazole rings is 1. The van der Waals surface area contributed by atoms with Crippen molar-refractivity contribution in [3.05, 3.63) is 101 Å². The molecule has 0 unspecified atom stereocenters. The van der Waals surface area contributed by atoms with Crippen molar-refractivity contribution in [1.29, 1.82) is 0 Å². The summed E-state index contributed by atoms with van der Waals surface area (Å²) in [5.74, 6) is 1.68. The number of hydrogen-bond donors (Lipinski definition) is 1. The monoisotopic (exact) mass is 403 g/mol. The quantitative estimate of drug-likeness (QED) is 0.415. The van der Waals surface area contributed by atoms with Gasteiger partial charge in [-0.05, 0) is 41.0 Å². The number of benzene rings is 3. The maximum Gasteiger partial charge on any atom is 0.203 e. The Labute approximate surface area is 175 Å². The third-order valence-electron chi connectivity index (χ3n) is 4.75. The third kappa shape index (κ3) is 4.79. The fourth-order valence-electron chi connectivity index (χ4n) is 3.09. The summed E-state index contributed by atoms with van der Waals surface area (Å²) in [7, 11) is 2.00. The van der Waals surface area contributed by atoms with E-state index in [1.54, 1.807) is 0 Å². The van der Waals surface area contributed by atoms with Crippen LogP contribution in [-0.4, -0.2) is 9.55 Å². The van der Waals surface area contributed by atoms with Gasteiger partial charge >= 0.3 is 0 Å². The van der Waals surface area contributed by atoms with Crippen LogP contribution in [0.1, 0.15) is 11.1 Å². The molecule has 4 nitrogen and oxygen atoms in total. The van der Waals surface area contributed by atoms with Crippen LogP contribution < -0.4 is 10.1 Å². The Balaban J connectivity index is 1.35. The summed E-state index contributed by atoms with van der Waals surface area (Å²) >= 11 is 5.98. The molecule has 0 aliphatic rings. The van der Waals surface area contributed by atoms with Gasteiger partial charge in [0, 0.05) is 18.6 Å². The highest BCUT2D eigenvalue weighted by Crippen LogP contribution is 2.24. The van der Waals surface area contributed by atoms with Gasteiger partial charge in [-0.3, -0.25) is 0 Å². The zero-order valence-electron chi connectivity index (χ0n) is 16.2. The molecular formula is C24H22ClN3O. The van der Waals surface area contributed by atoms with Crippen LogP contribution >= 0.6 is 11.6 Å². The van der Waals surface area contributed by atoms with E-state index in [1.807, 2.05) is 72.4 Å². The normalized spacial score (nSPS) is 10.7. The van der Waals surface area contributed by atoms with Gasteiger partial charge in [-0.15, -0.1) is 0 Å². The van der Waals surface area contributed by atoms with Crippen LogP contribution in [0.5, 0.6) is 5.75 Å². The molecular weight excluding hydrogens is 382 g/mol. The maximum atomic E-state index is 5.98. The highest BCUT2D eigenvalue weighted by Gasteiger charge is 2.08. The van der Waals surface area contributed by atoms with Crippen molar-refractivity contribution < 1.29 is 4.74 Å². The number of nitrogens with zero attached hydrogens (tertiary/aromatic N) is 2. The highest BCUT2D eigenvalue weighted by molar-refractivity contribution is 6.30. The average Bonchev–Trinajstić information content (AvgIpc) is 3.13. The largest absolute Gasteiger partial charge is 0.489 e. The van der Waals surface area contributed by atoms with E-state index in [2.05, 4.69) is 34.6 Å². The predicted molar refractivity (Wildman–Crippen MR) is 118 cm³/mol. The third-order valence-corrected chi connectivity index (χ3v) is 5.00. The van der Waals surface area contributed by atoms with E-state index >= 15 is 0 Å². The Morgan fingerprint density at radius 2 is 1.62 bits per heavy atom. The fraction of sp³-hybridized carbons (Fsp3) is 0.125. The molecule has 0 radical (unpaired) electrons. The van der Waals surface area contributed by atoms with E-state index in [0.717, 1.165) is 39.1 Å². The first-order chi connectivity index (χ1) is 14.2. The van der Waals surface area contributed by atoms with Crippen LogP contribution in [-0.2, 0) is 20.2 Å². The van der Waals surface area contributed by atoms with Crippen molar-refractivity contribution in [2.45, 2.75) is 13.2 Å². The average molecular weight is 404 g/mol. The lowest BCUT2D eigenvalue weighted by Gasteiger charge is -2.10. The minimum absolute atomic E-state index is 0.569. The van der Waals surface area contributed by atoms with Crippen LogP contribution in [0.15, 0.2) is 85.1 Å². The molecule has 4 aromatic rings. The summed E-state index contributed by atoms with van der Waals surface area (Å²) in [6.07, 6.45) is 1.87. The number of nitrogens with one attached hydrogen (secondary N) is 1. The molecule has 29 heavy (non-hydrogen) atoms. The van der Waals surface area contributed by atoms with Gasteiger partial charge in [0.1, 0.15) is 12.4 Å². The number of ether oxygens (including phenoxy) is 1. The molecule has 0 atom stereocenters. The van der Waals surface area contributed by atoms with Crippen molar-refractivity contribution in [3.8, 4) is 17.0 Å². The molecule has 1 aromatic heterocycles. The minimum Gasteiger partial charge on any atom is -0.489 e. The molecule has 1 heterocycles. The topological polar surface area (TPSA) is 39.1 Å². The second-order valence-electron chi connectivity index (χ2n) is 6.80. The first-order valence-corrected chi connectivity index (χ1v) is 9.84. The summed E-state index contributed by atoms with van der Waals surface area (Å²) in [6.45, 7) is 1.25. The highest BCUT2D eigenvalue weighted by atomic mass is 35.5. The molecule has 1 N–H and O–H groups in total. The Bertz CT molecular complexity index is 1060. The van der Waals surface area contributed by atoms with Gasteiger partial charge in [0.05, 0.1) is 11.9 Å². The summed E-state index contributed by atoms with van der Waals surface area (Å²) in [5, 5.41) is 4.12. The molecule has 0 spiro atoms. The number of halogens is 1. The van der Waals surface area contributed by atoms with Crippen LogP contribution in [0.25, 0.3) is 11.3 Å². The Morgan fingerprint density at radius 3 is 2.34 bits per heavy atom. The van der Waals surface area contributed by atoms with Crippen LogP contribution in [0, 0.1) is 0 Å². The lowest BCUT2D eigenvalue weighted by atomic mass is 10.2. The van der Waals surface area contributed by atoms with Gasteiger partial charge in [-0.25, -0.2) is 4.98 Å². The van der Waals surface area contributed by atoms with Gasteiger partial charge < -0.3 is 14.6 Å². The van der Waals surface area contributed by atoms with Gasteiger partial charge in [-0.2, -0.15) is 0 Å². The summed E-state index contributed by atoms with van der Waals surface area (Å²) in [4.78, 5) is 4.50. The van der Waals surface area contributed by atoms with Gasteiger partial charge in [0.25, 0.3) is 0 Å². The van der Waals surface area contributed by atoms with Crippen LogP contribution in [0.2, 0.25) is 5.02 Å². The van der Waals surface area contributed by atoms with E-state index in [4.69, 9.17) is 16.3 Å². The van der Waals surface area contributed by atoms with Gasteiger partial charge in [0.15, 0.2) is 0 Å². The predicted octanol–water partition coefficient (Wildman–Crippen LogP) is 5.93. The first-order valence-electron chi connectivity index (χ1n) is 9.46. The number of hydrogen-bond acceptors (Lipinski definition) is 3. The lowest BCUT2D eigenvalue weighted by molar-refractivity contribution is 0.306. The molecule has 0 aliphatic heterocycles. The molecule has 0 saturated heterocycles. The number of aromatic nitrogens is 2. The molecule has 3 aromatic carbocycles. The van der Waals surface area contributed by atoms with Crippen molar-refractivity contribution in [3.63, 3.8) is 0 Å². The summed E-state index contributed by atoms with van der Waals surface area (Å²) in [6, 6.07) is 26.1. The van der Waals surface area contributed by atoms with E-state index in [9.17, 15) is 0 Å². The summed E-state index contributed by atoms with van der Waals surface area (Å²) < 4.78 is 7.89. The molecule has 5 heteroatoms. The van der Waals surface area contributed by atoms with E-state index in [-0.39, 0.29) is 0 Å². The van der Waals surface area contributed by atoms with Crippen molar-refractivity contribution in [2.75, 3.05) is 5.32 Å². The second kappa shape index (κ2) is 8.84. The second-order valence-corrected chi connectivity index (χ2v) is 7.24. The molecule has 146 valence electrons. The lowest BCUT2D eigenvalue weighted by Crippen LogP contribution is -2.05. The Morgan fingerprint density at radius 1 is 0.897 bits per heavy atom. The first kappa shape index (κ1) is 19.1.